The van der Waals surface area contributed by atoms with Crippen molar-refractivity contribution in [1.29, 1.82) is 0 Å². The number of hydrogen-bond donors (Lipinski definition) is 1. The zero-order valence-electron chi connectivity index (χ0n) is 15.7. The molecule has 1 amide bonds. The van der Waals surface area contributed by atoms with Crippen LogP contribution in [0.15, 0.2) is 72.8 Å². The quantitative estimate of drug-likeness (QED) is 0.422. The van der Waals surface area contributed by atoms with Gasteiger partial charge in [0, 0.05) is 10.7 Å². The molecule has 3 aromatic carbocycles. The van der Waals surface area contributed by atoms with Crippen LogP contribution in [-0.2, 0) is 11.2 Å². The van der Waals surface area contributed by atoms with Gasteiger partial charge in [0.1, 0.15) is 11.5 Å². The van der Waals surface area contributed by atoms with Crippen molar-refractivity contribution in [3.8, 4) is 11.5 Å². The van der Waals surface area contributed by atoms with Crippen LogP contribution in [0.1, 0.15) is 12.0 Å². The molecular formula is C23H21Cl2NO3. The average Bonchev–Trinajstić information content (AvgIpc) is 2.72. The van der Waals surface area contributed by atoms with E-state index in [1.165, 1.54) is 5.56 Å². The average molecular weight is 430 g/mol. The van der Waals surface area contributed by atoms with Crippen LogP contribution >= 0.6 is 23.2 Å². The number of carbonyl (C=O) groups is 1. The molecule has 0 aliphatic heterocycles. The number of ether oxygens (including phenoxy) is 2. The molecule has 0 bridgehead atoms. The van der Waals surface area contributed by atoms with Gasteiger partial charge in [0.15, 0.2) is 6.61 Å². The van der Waals surface area contributed by atoms with Gasteiger partial charge in [0.25, 0.3) is 5.91 Å². The first kappa shape index (κ1) is 21.0. The predicted molar refractivity (Wildman–Crippen MR) is 117 cm³/mol. The van der Waals surface area contributed by atoms with Crippen molar-refractivity contribution in [3.63, 3.8) is 0 Å². The summed E-state index contributed by atoms with van der Waals surface area (Å²) in [6.45, 7) is 0.482. The molecule has 4 nitrogen and oxygen atoms in total. The Morgan fingerprint density at radius 2 is 1.66 bits per heavy atom. The number of halogens is 2. The van der Waals surface area contributed by atoms with E-state index in [1.54, 1.807) is 30.3 Å². The summed E-state index contributed by atoms with van der Waals surface area (Å²) >= 11 is 11.9. The minimum absolute atomic E-state index is 0.154. The minimum Gasteiger partial charge on any atom is -0.494 e. The Balaban J connectivity index is 1.39. The second kappa shape index (κ2) is 10.7. The molecule has 3 aromatic rings. The third-order valence-corrected chi connectivity index (χ3v) is 4.64. The second-order valence-electron chi connectivity index (χ2n) is 6.37. The molecule has 0 aromatic heterocycles. The van der Waals surface area contributed by atoms with Gasteiger partial charge in [-0.15, -0.1) is 0 Å². The first-order chi connectivity index (χ1) is 14.1. The standard InChI is InChI=1S/C23H21Cl2NO3/c24-18-8-13-22(21(25)15-18)29-16-23(27)26-19-9-11-20(12-10-19)28-14-4-7-17-5-2-1-3-6-17/h1-3,5-6,8-13,15H,4,7,14,16H2,(H,26,27). The molecule has 3 rings (SSSR count). The maximum Gasteiger partial charge on any atom is 0.262 e. The maximum absolute atomic E-state index is 12.1. The summed E-state index contributed by atoms with van der Waals surface area (Å²) in [6.07, 6.45) is 1.92. The van der Waals surface area contributed by atoms with E-state index < -0.39 is 0 Å². The fourth-order valence-corrected chi connectivity index (χ4v) is 3.14. The molecule has 0 unspecified atom stereocenters. The third-order valence-electron chi connectivity index (χ3n) is 4.11. The summed E-state index contributed by atoms with van der Waals surface area (Å²) < 4.78 is 11.2. The van der Waals surface area contributed by atoms with Gasteiger partial charge >= 0.3 is 0 Å². The second-order valence-corrected chi connectivity index (χ2v) is 7.22. The van der Waals surface area contributed by atoms with Gasteiger partial charge < -0.3 is 14.8 Å². The summed E-state index contributed by atoms with van der Waals surface area (Å²) in [6, 6.07) is 22.4. The predicted octanol–water partition coefficient (Wildman–Crippen LogP) is 6.02. The van der Waals surface area contributed by atoms with Gasteiger partial charge in [-0.3, -0.25) is 4.79 Å². The number of benzene rings is 3. The van der Waals surface area contributed by atoms with Crippen molar-refractivity contribution >= 4 is 34.8 Å². The first-order valence-electron chi connectivity index (χ1n) is 9.24. The normalized spacial score (nSPS) is 10.4. The van der Waals surface area contributed by atoms with Gasteiger partial charge in [-0.05, 0) is 60.9 Å². The number of aryl methyl sites for hydroxylation is 1. The molecule has 0 aliphatic rings. The molecule has 150 valence electrons. The van der Waals surface area contributed by atoms with Crippen molar-refractivity contribution in [2.45, 2.75) is 12.8 Å². The van der Waals surface area contributed by atoms with Crippen LogP contribution in [0.2, 0.25) is 10.0 Å². The fourth-order valence-electron chi connectivity index (χ4n) is 2.68. The van der Waals surface area contributed by atoms with E-state index in [9.17, 15) is 4.79 Å². The summed E-state index contributed by atoms with van der Waals surface area (Å²) in [5.74, 6) is 0.887. The number of anilines is 1. The van der Waals surface area contributed by atoms with E-state index in [2.05, 4.69) is 17.4 Å². The van der Waals surface area contributed by atoms with Crippen LogP contribution in [0, 0.1) is 0 Å². The van der Waals surface area contributed by atoms with Crippen molar-refractivity contribution in [2.75, 3.05) is 18.5 Å². The molecule has 0 spiro atoms. The molecule has 0 radical (unpaired) electrons. The highest BCUT2D eigenvalue weighted by atomic mass is 35.5. The van der Waals surface area contributed by atoms with Crippen LogP contribution in [-0.4, -0.2) is 19.1 Å². The lowest BCUT2D eigenvalue weighted by atomic mass is 10.1. The van der Waals surface area contributed by atoms with Crippen molar-refractivity contribution < 1.29 is 14.3 Å². The smallest absolute Gasteiger partial charge is 0.262 e. The van der Waals surface area contributed by atoms with E-state index in [1.807, 2.05) is 30.3 Å². The largest absolute Gasteiger partial charge is 0.494 e. The Hall–Kier alpha value is -2.69. The SMILES string of the molecule is O=C(COc1ccc(Cl)cc1Cl)Nc1ccc(OCCCc2ccccc2)cc1. The Labute approximate surface area is 180 Å². The molecule has 6 heteroatoms. The Kier molecular flexibility index (Phi) is 7.79. The van der Waals surface area contributed by atoms with Crippen LogP contribution in [0.4, 0.5) is 5.69 Å². The van der Waals surface area contributed by atoms with Gasteiger partial charge in [0.05, 0.1) is 11.6 Å². The number of nitrogens with one attached hydrogen (secondary N) is 1. The zero-order valence-corrected chi connectivity index (χ0v) is 17.2. The highest BCUT2D eigenvalue weighted by molar-refractivity contribution is 6.35. The number of amides is 1. The maximum atomic E-state index is 12.1. The van der Waals surface area contributed by atoms with Crippen LogP contribution < -0.4 is 14.8 Å². The van der Waals surface area contributed by atoms with E-state index >= 15 is 0 Å². The first-order valence-corrected chi connectivity index (χ1v) is 10.0. The third kappa shape index (κ3) is 7.00. The monoisotopic (exact) mass is 429 g/mol. The van der Waals surface area contributed by atoms with Gasteiger partial charge in [0.2, 0.25) is 0 Å². The molecule has 0 aliphatic carbocycles. The topological polar surface area (TPSA) is 47.6 Å². The Bertz CT molecular complexity index is 931. The van der Waals surface area contributed by atoms with E-state index in [-0.39, 0.29) is 12.5 Å². The molecule has 0 heterocycles. The Morgan fingerprint density at radius 1 is 0.897 bits per heavy atom. The van der Waals surface area contributed by atoms with Gasteiger partial charge in [-0.25, -0.2) is 0 Å². The Morgan fingerprint density at radius 3 is 2.38 bits per heavy atom. The van der Waals surface area contributed by atoms with Crippen molar-refractivity contribution in [3.05, 3.63) is 88.4 Å². The van der Waals surface area contributed by atoms with Crippen LogP contribution in [0.5, 0.6) is 11.5 Å². The molecule has 0 saturated carbocycles. The molecule has 0 fully saturated rings. The molecule has 0 atom stereocenters. The molecule has 1 N–H and O–H groups in total. The molecule has 29 heavy (non-hydrogen) atoms. The van der Waals surface area contributed by atoms with Crippen LogP contribution in [0.3, 0.4) is 0 Å². The summed E-state index contributed by atoms with van der Waals surface area (Å²) in [4.78, 5) is 12.1. The van der Waals surface area contributed by atoms with Crippen LogP contribution in [0.25, 0.3) is 0 Å². The zero-order chi connectivity index (χ0) is 20.5. The van der Waals surface area contributed by atoms with E-state index in [4.69, 9.17) is 32.7 Å². The lowest BCUT2D eigenvalue weighted by Crippen LogP contribution is -2.20. The minimum atomic E-state index is -0.285. The van der Waals surface area contributed by atoms with Crippen molar-refractivity contribution in [1.82, 2.24) is 0 Å². The number of hydrogen-bond acceptors (Lipinski definition) is 3. The summed E-state index contributed by atoms with van der Waals surface area (Å²) in [7, 11) is 0. The highest BCUT2D eigenvalue weighted by Gasteiger charge is 2.07. The highest BCUT2D eigenvalue weighted by Crippen LogP contribution is 2.27. The lowest BCUT2D eigenvalue weighted by molar-refractivity contribution is -0.118. The lowest BCUT2D eigenvalue weighted by Gasteiger charge is -2.10. The van der Waals surface area contributed by atoms with E-state index in [0.29, 0.717) is 28.1 Å². The molecule has 0 saturated heterocycles. The summed E-state index contributed by atoms with van der Waals surface area (Å²) in [5, 5.41) is 3.64. The van der Waals surface area contributed by atoms with Gasteiger partial charge in [-0.2, -0.15) is 0 Å². The summed E-state index contributed by atoms with van der Waals surface area (Å²) in [5.41, 5.74) is 1.97. The number of rotatable bonds is 9. The number of carbonyl (C=O) groups excluding carboxylic acids is 1. The molecular weight excluding hydrogens is 409 g/mol. The van der Waals surface area contributed by atoms with E-state index in [0.717, 1.165) is 18.6 Å². The fraction of sp³-hybridized carbons (Fsp3) is 0.174. The van der Waals surface area contributed by atoms with Crippen molar-refractivity contribution in [2.24, 2.45) is 0 Å². The van der Waals surface area contributed by atoms with Gasteiger partial charge in [-0.1, -0.05) is 53.5 Å².